The van der Waals surface area contributed by atoms with Gasteiger partial charge < -0.3 is 20.1 Å². The first-order valence-electron chi connectivity index (χ1n) is 8.45. The Balaban J connectivity index is 1.77. The molecule has 1 aromatic heterocycles. The van der Waals surface area contributed by atoms with Crippen molar-refractivity contribution in [3.63, 3.8) is 0 Å². The predicted molar refractivity (Wildman–Crippen MR) is 114 cm³/mol. The molecule has 1 amide bonds. The zero-order valence-electron chi connectivity index (χ0n) is 15.9. The number of methoxy groups -OCH3 is 2. The first kappa shape index (κ1) is 20.0. The van der Waals surface area contributed by atoms with Crippen LogP contribution in [0.1, 0.15) is 20.8 Å². The molecule has 6 nitrogen and oxygen atoms in total. The van der Waals surface area contributed by atoms with E-state index in [1.807, 2.05) is 38.1 Å². The topological polar surface area (TPSA) is 72.5 Å². The van der Waals surface area contributed by atoms with Crippen LogP contribution in [0.25, 0.3) is 0 Å². The summed E-state index contributed by atoms with van der Waals surface area (Å²) in [4.78, 5) is 17.3. The number of nitrogens with one attached hydrogen (secondary N) is 2. The number of para-hydroxylation sites is 1. The highest BCUT2D eigenvalue weighted by molar-refractivity contribution is 7.17. The van der Waals surface area contributed by atoms with Crippen molar-refractivity contribution in [1.29, 1.82) is 0 Å². The van der Waals surface area contributed by atoms with Gasteiger partial charge in [-0.3, -0.25) is 4.79 Å². The molecule has 1 heterocycles. The van der Waals surface area contributed by atoms with Crippen molar-refractivity contribution in [2.45, 2.75) is 13.8 Å². The molecule has 146 valence electrons. The van der Waals surface area contributed by atoms with Gasteiger partial charge in [0, 0.05) is 11.8 Å². The van der Waals surface area contributed by atoms with Gasteiger partial charge in [-0.2, -0.15) is 0 Å². The number of amides is 1. The Morgan fingerprint density at radius 1 is 1.14 bits per heavy atom. The van der Waals surface area contributed by atoms with Gasteiger partial charge in [0.2, 0.25) is 0 Å². The highest BCUT2D eigenvalue weighted by Gasteiger charge is 2.15. The molecular formula is C20H20ClN3O3S. The average Bonchev–Trinajstić information content (AvgIpc) is 3.12. The lowest BCUT2D eigenvalue weighted by molar-refractivity contribution is 0.103. The Morgan fingerprint density at radius 3 is 2.61 bits per heavy atom. The molecule has 2 aromatic carbocycles. The number of benzene rings is 2. The van der Waals surface area contributed by atoms with Crippen LogP contribution in [-0.2, 0) is 0 Å². The van der Waals surface area contributed by atoms with Gasteiger partial charge in [-0.25, -0.2) is 4.98 Å². The second-order valence-electron chi connectivity index (χ2n) is 6.07. The van der Waals surface area contributed by atoms with Crippen LogP contribution < -0.4 is 20.1 Å². The summed E-state index contributed by atoms with van der Waals surface area (Å²) in [5, 5.41) is 7.14. The highest BCUT2D eigenvalue weighted by atomic mass is 35.5. The number of ether oxygens (including phenoxy) is 2. The second kappa shape index (κ2) is 8.50. The third kappa shape index (κ3) is 4.21. The smallest absolute Gasteiger partial charge is 0.267 e. The standard InChI is InChI=1S/C20H20ClN3O3S/c1-11-6-5-7-14(21)17(11)24-19(25)16-10-22-20(28-16)23-13-8-12(2)18(27-4)15(9-13)26-3/h5-10H,1-4H3,(H,22,23)(H,24,25). The van der Waals surface area contributed by atoms with Crippen LogP contribution in [-0.4, -0.2) is 25.1 Å². The fourth-order valence-corrected chi connectivity index (χ4v) is 3.75. The summed E-state index contributed by atoms with van der Waals surface area (Å²) < 4.78 is 10.7. The van der Waals surface area contributed by atoms with Gasteiger partial charge >= 0.3 is 0 Å². The van der Waals surface area contributed by atoms with E-state index in [0.29, 0.717) is 32.2 Å². The number of carbonyl (C=O) groups is 1. The van der Waals surface area contributed by atoms with Gasteiger partial charge in [-0.15, -0.1) is 0 Å². The highest BCUT2D eigenvalue weighted by Crippen LogP contribution is 2.35. The minimum atomic E-state index is -0.259. The molecule has 0 fully saturated rings. The number of thiazole rings is 1. The molecule has 8 heteroatoms. The van der Waals surface area contributed by atoms with E-state index in [9.17, 15) is 4.79 Å². The van der Waals surface area contributed by atoms with Crippen LogP contribution in [0.2, 0.25) is 5.02 Å². The van der Waals surface area contributed by atoms with Gasteiger partial charge in [-0.1, -0.05) is 35.1 Å². The van der Waals surface area contributed by atoms with Crippen molar-refractivity contribution in [2.75, 3.05) is 24.9 Å². The van der Waals surface area contributed by atoms with Gasteiger partial charge in [0.25, 0.3) is 5.91 Å². The molecule has 0 unspecified atom stereocenters. The fourth-order valence-electron chi connectivity index (χ4n) is 2.75. The number of rotatable bonds is 6. The molecule has 0 atom stereocenters. The second-order valence-corrected chi connectivity index (χ2v) is 7.51. The van der Waals surface area contributed by atoms with Gasteiger partial charge in [-0.05, 0) is 37.1 Å². The summed E-state index contributed by atoms with van der Waals surface area (Å²) in [5.41, 5.74) is 3.21. The largest absolute Gasteiger partial charge is 0.493 e. The van der Waals surface area contributed by atoms with E-state index in [2.05, 4.69) is 15.6 Å². The van der Waals surface area contributed by atoms with Gasteiger partial charge in [0.05, 0.1) is 31.1 Å². The van der Waals surface area contributed by atoms with E-state index in [0.717, 1.165) is 16.8 Å². The number of halogens is 1. The number of aryl methyl sites for hydroxylation is 2. The summed E-state index contributed by atoms with van der Waals surface area (Å²) in [6, 6.07) is 9.21. The summed E-state index contributed by atoms with van der Waals surface area (Å²) in [6.07, 6.45) is 1.53. The van der Waals surface area contributed by atoms with E-state index < -0.39 is 0 Å². The van der Waals surface area contributed by atoms with Crippen molar-refractivity contribution >= 4 is 45.4 Å². The van der Waals surface area contributed by atoms with E-state index in [-0.39, 0.29) is 5.91 Å². The van der Waals surface area contributed by atoms with Crippen molar-refractivity contribution in [1.82, 2.24) is 4.98 Å². The molecular weight excluding hydrogens is 398 g/mol. The normalized spacial score (nSPS) is 10.5. The monoisotopic (exact) mass is 417 g/mol. The quantitative estimate of drug-likeness (QED) is 0.559. The van der Waals surface area contributed by atoms with E-state index in [1.54, 1.807) is 20.3 Å². The first-order valence-corrected chi connectivity index (χ1v) is 9.64. The number of hydrogen-bond donors (Lipinski definition) is 2. The lowest BCUT2D eigenvalue weighted by Crippen LogP contribution is -2.11. The summed E-state index contributed by atoms with van der Waals surface area (Å²) >= 11 is 7.43. The van der Waals surface area contributed by atoms with Gasteiger partial charge in [0.15, 0.2) is 16.6 Å². The minimum absolute atomic E-state index is 0.259. The maximum atomic E-state index is 12.6. The number of anilines is 3. The van der Waals surface area contributed by atoms with Crippen molar-refractivity contribution in [2.24, 2.45) is 0 Å². The van der Waals surface area contributed by atoms with Crippen molar-refractivity contribution in [3.8, 4) is 11.5 Å². The third-order valence-corrected chi connectivity index (χ3v) is 5.33. The van der Waals surface area contributed by atoms with E-state index in [1.165, 1.54) is 17.5 Å². The Kier molecular flexibility index (Phi) is 6.06. The summed E-state index contributed by atoms with van der Waals surface area (Å²) in [5.74, 6) is 1.04. The Bertz CT molecular complexity index is 1000. The summed E-state index contributed by atoms with van der Waals surface area (Å²) in [7, 11) is 3.19. The van der Waals surface area contributed by atoms with E-state index >= 15 is 0 Å². The molecule has 0 aliphatic carbocycles. The fraction of sp³-hybridized carbons (Fsp3) is 0.200. The van der Waals surface area contributed by atoms with Crippen LogP contribution >= 0.6 is 22.9 Å². The predicted octanol–water partition coefficient (Wildman–Crippen LogP) is 5.43. The number of nitrogens with zero attached hydrogens (tertiary/aromatic N) is 1. The lowest BCUT2D eigenvalue weighted by atomic mass is 10.2. The molecule has 0 saturated carbocycles. The SMILES string of the molecule is COc1cc(Nc2ncc(C(=O)Nc3c(C)cccc3Cl)s2)cc(C)c1OC. The Hall–Kier alpha value is -2.77. The number of hydrogen-bond acceptors (Lipinski definition) is 6. The number of aromatic nitrogens is 1. The lowest BCUT2D eigenvalue weighted by Gasteiger charge is -2.13. The summed E-state index contributed by atoms with van der Waals surface area (Å²) in [6.45, 7) is 3.82. The van der Waals surface area contributed by atoms with Crippen molar-refractivity contribution in [3.05, 3.63) is 57.6 Å². The molecule has 28 heavy (non-hydrogen) atoms. The minimum Gasteiger partial charge on any atom is -0.493 e. The maximum Gasteiger partial charge on any atom is 0.267 e. The third-order valence-electron chi connectivity index (χ3n) is 4.11. The van der Waals surface area contributed by atoms with Crippen LogP contribution in [0.3, 0.4) is 0 Å². The molecule has 0 bridgehead atoms. The van der Waals surface area contributed by atoms with Crippen LogP contribution in [0.15, 0.2) is 36.5 Å². The molecule has 2 N–H and O–H groups in total. The van der Waals surface area contributed by atoms with Crippen molar-refractivity contribution < 1.29 is 14.3 Å². The Morgan fingerprint density at radius 2 is 1.93 bits per heavy atom. The number of carbonyl (C=O) groups excluding carboxylic acids is 1. The zero-order valence-corrected chi connectivity index (χ0v) is 17.5. The van der Waals surface area contributed by atoms with Crippen LogP contribution in [0, 0.1) is 13.8 Å². The Labute approximate surface area is 172 Å². The van der Waals surface area contributed by atoms with Crippen LogP contribution in [0.4, 0.5) is 16.5 Å². The molecule has 0 aliphatic rings. The molecule has 0 spiro atoms. The molecule has 3 aromatic rings. The first-order chi connectivity index (χ1) is 13.4. The molecule has 0 saturated heterocycles. The molecule has 0 aliphatic heterocycles. The van der Waals surface area contributed by atoms with Crippen LogP contribution in [0.5, 0.6) is 11.5 Å². The van der Waals surface area contributed by atoms with Gasteiger partial charge in [0.1, 0.15) is 4.88 Å². The molecule has 0 radical (unpaired) electrons. The average molecular weight is 418 g/mol. The molecule has 3 rings (SSSR count). The zero-order chi connectivity index (χ0) is 20.3. The maximum absolute atomic E-state index is 12.6. The van der Waals surface area contributed by atoms with E-state index in [4.69, 9.17) is 21.1 Å².